The van der Waals surface area contributed by atoms with Gasteiger partial charge in [0.15, 0.2) is 5.82 Å². The van der Waals surface area contributed by atoms with Gasteiger partial charge in [-0.3, -0.25) is 4.79 Å². The van der Waals surface area contributed by atoms with Crippen LogP contribution in [-0.2, 0) is 11.2 Å². The van der Waals surface area contributed by atoms with Gasteiger partial charge in [0.05, 0.1) is 0 Å². The van der Waals surface area contributed by atoms with Crippen molar-refractivity contribution in [3.63, 3.8) is 0 Å². The summed E-state index contributed by atoms with van der Waals surface area (Å²) < 4.78 is 5.05. The Balaban J connectivity index is 1.56. The van der Waals surface area contributed by atoms with Crippen molar-refractivity contribution in [3.8, 4) is 0 Å². The molecule has 3 heterocycles. The third-order valence-electron chi connectivity index (χ3n) is 3.89. The Morgan fingerprint density at radius 3 is 3.19 bits per heavy atom. The molecule has 0 saturated carbocycles. The van der Waals surface area contributed by atoms with Gasteiger partial charge in [0, 0.05) is 32.4 Å². The molecule has 0 N–H and O–H groups in total. The van der Waals surface area contributed by atoms with E-state index in [0.29, 0.717) is 18.9 Å². The Morgan fingerprint density at radius 1 is 1.57 bits per heavy atom. The van der Waals surface area contributed by atoms with Crippen LogP contribution in [0.5, 0.6) is 0 Å². The molecule has 1 saturated heterocycles. The fourth-order valence-corrected chi connectivity index (χ4v) is 3.44. The molecule has 2 aromatic rings. The number of amides is 1. The number of nitrogens with zero attached hydrogens (tertiary/aromatic N) is 3. The van der Waals surface area contributed by atoms with Crippen LogP contribution in [0.4, 0.5) is 0 Å². The first-order valence-electron chi connectivity index (χ1n) is 7.31. The maximum atomic E-state index is 12.3. The Morgan fingerprint density at radius 2 is 2.48 bits per heavy atom. The monoisotopic (exact) mass is 305 g/mol. The standard InChI is InChI=1S/C15H19N3O2S/c1-11-16-15(17-20-11)13-3-2-7-18(9-13)14(19)5-4-12-6-8-21-10-12/h6,8,10,13H,2-5,7,9H2,1H3/t13-/m1/s1. The fourth-order valence-electron chi connectivity index (χ4n) is 2.74. The van der Waals surface area contributed by atoms with Gasteiger partial charge in [-0.2, -0.15) is 16.3 Å². The quantitative estimate of drug-likeness (QED) is 0.871. The molecule has 21 heavy (non-hydrogen) atoms. The first kappa shape index (κ1) is 14.3. The molecular formula is C15H19N3O2S. The van der Waals surface area contributed by atoms with Gasteiger partial charge in [0.1, 0.15) is 0 Å². The number of carbonyl (C=O) groups is 1. The molecule has 2 aromatic heterocycles. The lowest BCUT2D eigenvalue weighted by Gasteiger charge is -2.31. The lowest BCUT2D eigenvalue weighted by Crippen LogP contribution is -2.39. The Labute approximate surface area is 128 Å². The Bertz CT molecular complexity index is 594. The minimum Gasteiger partial charge on any atom is -0.342 e. The van der Waals surface area contributed by atoms with Gasteiger partial charge in [-0.15, -0.1) is 0 Å². The summed E-state index contributed by atoms with van der Waals surface area (Å²) in [7, 11) is 0. The van der Waals surface area contributed by atoms with E-state index in [0.717, 1.165) is 31.6 Å². The summed E-state index contributed by atoms with van der Waals surface area (Å²) in [6.07, 6.45) is 3.43. The lowest BCUT2D eigenvalue weighted by atomic mass is 9.97. The van der Waals surface area contributed by atoms with Crippen molar-refractivity contribution in [2.45, 2.75) is 38.5 Å². The molecule has 6 heteroatoms. The number of piperidine rings is 1. The van der Waals surface area contributed by atoms with Crippen LogP contribution in [0.15, 0.2) is 21.3 Å². The minimum absolute atomic E-state index is 0.210. The summed E-state index contributed by atoms with van der Waals surface area (Å²) in [6.45, 7) is 3.35. The Hall–Kier alpha value is -1.69. The topological polar surface area (TPSA) is 59.2 Å². The predicted molar refractivity (Wildman–Crippen MR) is 80.2 cm³/mol. The van der Waals surface area contributed by atoms with E-state index in [2.05, 4.69) is 27.0 Å². The van der Waals surface area contributed by atoms with Gasteiger partial charge in [0.2, 0.25) is 11.8 Å². The van der Waals surface area contributed by atoms with Crippen LogP contribution in [0.1, 0.15) is 42.5 Å². The van der Waals surface area contributed by atoms with E-state index in [1.807, 2.05) is 4.90 Å². The van der Waals surface area contributed by atoms with Gasteiger partial charge in [0.25, 0.3) is 0 Å². The van der Waals surface area contributed by atoms with Crippen molar-refractivity contribution < 1.29 is 9.32 Å². The van der Waals surface area contributed by atoms with Crippen LogP contribution in [0, 0.1) is 6.92 Å². The summed E-state index contributed by atoms with van der Waals surface area (Å²) in [5.74, 6) is 1.76. The van der Waals surface area contributed by atoms with Gasteiger partial charge >= 0.3 is 0 Å². The zero-order valence-corrected chi connectivity index (χ0v) is 12.9. The number of carbonyl (C=O) groups excluding carboxylic acids is 1. The molecule has 0 bridgehead atoms. The Kier molecular flexibility index (Phi) is 4.34. The molecule has 112 valence electrons. The summed E-state index contributed by atoms with van der Waals surface area (Å²) >= 11 is 1.67. The van der Waals surface area contributed by atoms with E-state index >= 15 is 0 Å². The van der Waals surface area contributed by atoms with Gasteiger partial charge in [-0.1, -0.05) is 5.16 Å². The zero-order valence-electron chi connectivity index (χ0n) is 12.1. The van der Waals surface area contributed by atoms with Crippen molar-refractivity contribution in [2.24, 2.45) is 0 Å². The molecule has 0 aromatic carbocycles. The van der Waals surface area contributed by atoms with Crippen molar-refractivity contribution in [1.82, 2.24) is 15.0 Å². The number of hydrogen-bond donors (Lipinski definition) is 0. The van der Waals surface area contributed by atoms with Crippen LogP contribution in [-0.4, -0.2) is 34.0 Å². The van der Waals surface area contributed by atoms with E-state index in [9.17, 15) is 4.79 Å². The fraction of sp³-hybridized carbons (Fsp3) is 0.533. The normalized spacial score (nSPS) is 18.9. The second-order valence-corrected chi connectivity index (χ2v) is 6.26. The highest BCUT2D eigenvalue weighted by Gasteiger charge is 2.27. The van der Waals surface area contributed by atoms with E-state index < -0.39 is 0 Å². The van der Waals surface area contributed by atoms with Crippen molar-refractivity contribution in [3.05, 3.63) is 34.1 Å². The SMILES string of the molecule is Cc1nc([C@@H]2CCCN(C(=O)CCc3ccsc3)C2)no1. The van der Waals surface area contributed by atoms with Gasteiger partial charge < -0.3 is 9.42 Å². The molecule has 1 amide bonds. The second-order valence-electron chi connectivity index (χ2n) is 5.48. The van der Waals surface area contributed by atoms with Crippen molar-refractivity contribution in [2.75, 3.05) is 13.1 Å². The van der Waals surface area contributed by atoms with Crippen LogP contribution < -0.4 is 0 Å². The van der Waals surface area contributed by atoms with Crippen LogP contribution in [0.3, 0.4) is 0 Å². The predicted octanol–water partition coefficient (Wildman–Crippen LogP) is 2.78. The van der Waals surface area contributed by atoms with E-state index in [4.69, 9.17) is 4.52 Å². The molecule has 0 unspecified atom stereocenters. The molecule has 0 spiro atoms. The molecule has 3 rings (SSSR count). The van der Waals surface area contributed by atoms with Gasteiger partial charge in [-0.25, -0.2) is 0 Å². The van der Waals surface area contributed by atoms with E-state index in [-0.39, 0.29) is 11.8 Å². The summed E-state index contributed by atoms with van der Waals surface area (Å²) in [4.78, 5) is 18.6. The van der Waals surface area contributed by atoms with Crippen molar-refractivity contribution in [1.29, 1.82) is 0 Å². The molecule has 5 nitrogen and oxygen atoms in total. The number of likely N-dealkylation sites (tertiary alicyclic amines) is 1. The minimum atomic E-state index is 0.210. The van der Waals surface area contributed by atoms with E-state index in [1.54, 1.807) is 18.3 Å². The average Bonchev–Trinajstić information content (AvgIpc) is 3.16. The number of hydrogen-bond acceptors (Lipinski definition) is 5. The summed E-state index contributed by atoms with van der Waals surface area (Å²) in [5.41, 5.74) is 1.25. The van der Waals surface area contributed by atoms with Gasteiger partial charge in [-0.05, 0) is 41.7 Å². The van der Waals surface area contributed by atoms with Crippen molar-refractivity contribution >= 4 is 17.2 Å². The molecule has 0 aliphatic carbocycles. The summed E-state index contributed by atoms with van der Waals surface area (Å²) in [6, 6.07) is 2.08. The number of thiophene rings is 1. The smallest absolute Gasteiger partial charge is 0.223 e. The highest BCUT2D eigenvalue weighted by atomic mass is 32.1. The molecule has 1 fully saturated rings. The molecule has 1 aliphatic heterocycles. The van der Waals surface area contributed by atoms with Crippen LogP contribution in [0.25, 0.3) is 0 Å². The second kappa shape index (κ2) is 6.39. The molecule has 1 atom stereocenters. The third-order valence-corrected chi connectivity index (χ3v) is 4.62. The highest BCUT2D eigenvalue weighted by Crippen LogP contribution is 2.25. The zero-order chi connectivity index (χ0) is 14.7. The first-order chi connectivity index (χ1) is 10.2. The molecular weight excluding hydrogens is 286 g/mol. The number of aromatic nitrogens is 2. The third kappa shape index (κ3) is 3.50. The summed E-state index contributed by atoms with van der Waals surface area (Å²) in [5, 5.41) is 8.15. The number of rotatable bonds is 4. The molecule has 1 aliphatic rings. The van der Waals surface area contributed by atoms with Crippen LogP contribution >= 0.6 is 11.3 Å². The lowest BCUT2D eigenvalue weighted by molar-refractivity contribution is -0.132. The highest BCUT2D eigenvalue weighted by molar-refractivity contribution is 7.07. The largest absolute Gasteiger partial charge is 0.342 e. The maximum absolute atomic E-state index is 12.3. The number of aryl methyl sites for hydroxylation is 2. The average molecular weight is 305 g/mol. The van der Waals surface area contributed by atoms with E-state index in [1.165, 1.54) is 5.56 Å². The molecule has 0 radical (unpaired) electrons. The van der Waals surface area contributed by atoms with Crippen LogP contribution in [0.2, 0.25) is 0 Å². The maximum Gasteiger partial charge on any atom is 0.223 e. The first-order valence-corrected chi connectivity index (χ1v) is 8.25.